The van der Waals surface area contributed by atoms with Crippen LogP contribution in [0.2, 0.25) is 0 Å². The molecule has 1 atom stereocenters. The fourth-order valence-corrected chi connectivity index (χ4v) is 3.60. The zero-order valence-electron chi connectivity index (χ0n) is 14.1. The molecular formula is C20H21NO3S. The highest BCUT2D eigenvalue weighted by Gasteiger charge is 2.26. The van der Waals surface area contributed by atoms with Crippen LogP contribution in [0.25, 0.3) is 10.1 Å². The first kappa shape index (κ1) is 17.6. The Hall–Kier alpha value is -2.21. The molecule has 1 heterocycles. The van der Waals surface area contributed by atoms with Crippen molar-refractivity contribution < 1.29 is 14.6 Å². The van der Waals surface area contributed by atoms with Gasteiger partial charge in [0.15, 0.2) is 0 Å². The SMILES string of the molecule is CC(O)(CNC(=O)COCc1ccccc1)c1cc2ccccc2s1. The largest absolute Gasteiger partial charge is 0.383 e. The second-order valence-electron chi connectivity index (χ2n) is 6.18. The van der Waals surface area contributed by atoms with Crippen molar-refractivity contribution in [3.05, 3.63) is 71.1 Å². The maximum absolute atomic E-state index is 11.9. The van der Waals surface area contributed by atoms with Gasteiger partial charge in [-0.25, -0.2) is 0 Å². The first-order valence-corrected chi connectivity index (χ1v) is 8.96. The quantitative estimate of drug-likeness (QED) is 0.682. The van der Waals surface area contributed by atoms with E-state index in [2.05, 4.69) is 5.32 Å². The Morgan fingerprint density at radius 3 is 2.64 bits per heavy atom. The van der Waals surface area contributed by atoms with Gasteiger partial charge in [0, 0.05) is 9.58 Å². The van der Waals surface area contributed by atoms with E-state index in [1.807, 2.05) is 60.7 Å². The number of carbonyl (C=O) groups excluding carboxylic acids is 1. The Kier molecular flexibility index (Phi) is 5.48. The maximum Gasteiger partial charge on any atom is 0.246 e. The molecular weight excluding hydrogens is 334 g/mol. The highest BCUT2D eigenvalue weighted by atomic mass is 32.1. The molecule has 2 aromatic carbocycles. The molecule has 0 spiro atoms. The number of amides is 1. The molecule has 0 radical (unpaired) electrons. The monoisotopic (exact) mass is 355 g/mol. The summed E-state index contributed by atoms with van der Waals surface area (Å²) >= 11 is 1.54. The minimum absolute atomic E-state index is 0.0304. The summed E-state index contributed by atoms with van der Waals surface area (Å²) in [5.41, 5.74) is -0.0914. The van der Waals surface area contributed by atoms with Crippen molar-refractivity contribution >= 4 is 27.3 Å². The van der Waals surface area contributed by atoms with Gasteiger partial charge in [0.2, 0.25) is 5.91 Å². The number of thiophene rings is 1. The Morgan fingerprint density at radius 2 is 1.88 bits per heavy atom. The molecule has 0 saturated heterocycles. The highest BCUT2D eigenvalue weighted by molar-refractivity contribution is 7.19. The van der Waals surface area contributed by atoms with Crippen LogP contribution >= 0.6 is 11.3 Å². The van der Waals surface area contributed by atoms with E-state index >= 15 is 0 Å². The Morgan fingerprint density at radius 1 is 1.16 bits per heavy atom. The Bertz CT molecular complexity index is 809. The van der Waals surface area contributed by atoms with Gasteiger partial charge in [-0.3, -0.25) is 4.79 Å². The summed E-state index contributed by atoms with van der Waals surface area (Å²) in [7, 11) is 0. The van der Waals surface area contributed by atoms with Gasteiger partial charge in [0.05, 0.1) is 13.2 Å². The van der Waals surface area contributed by atoms with Gasteiger partial charge >= 0.3 is 0 Å². The number of rotatable bonds is 7. The van der Waals surface area contributed by atoms with Gasteiger partial charge in [0.25, 0.3) is 0 Å². The van der Waals surface area contributed by atoms with E-state index in [0.29, 0.717) is 6.61 Å². The number of carbonyl (C=O) groups is 1. The Labute approximate surface area is 151 Å². The molecule has 5 heteroatoms. The summed E-state index contributed by atoms with van der Waals surface area (Å²) in [5, 5.41) is 14.5. The molecule has 0 aliphatic rings. The van der Waals surface area contributed by atoms with E-state index < -0.39 is 5.60 Å². The summed E-state index contributed by atoms with van der Waals surface area (Å²) in [6.07, 6.45) is 0. The number of aliphatic hydroxyl groups is 1. The molecule has 0 aliphatic heterocycles. The predicted octanol–water partition coefficient (Wildman–Crippen LogP) is 3.44. The predicted molar refractivity (Wildman–Crippen MR) is 101 cm³/mol. The second-order valence-corrected chi connectivity index (χ2v) is 7.26. The summed E-state index contributed by atoms with van der Waals surface area (Å²) in [5.74, 6) is -0.239. The third-order valence-corrected chi connectivity index (χ3v) is 5.30. The molecule has 3 aromatic rings. The van der Waals surface area contributed by atoms with Crippen LogP contribution in [0, 0.1) is 0 Å². The average molecular weight is 355 g/mol. The fraction of sp³-hybridized carbons (Fsp3) is 0.250. The molecule has 1 aromatic heterocycles. The molecule has 25 heavy (non-hydrogen) atoms. The number of fused-ring (bicyclic) bond motifs is 1. The van der Waals surface area contributed by atoms with Crippen molar-refractivity contribution in [2.75, 3.05) is 13.2 Å². The molecule has 0 fully saturated rings. The molecule has 0 saturated carbocycles. The van der Waals surface area contributed by atoms with Crippen molar-refractivity contribution in [2.45, 2.75) is 19.1 Å². The van der Waals surface area contributed by atoms with Crippen molar-refractivity contribution in [3.8, 4) is 0 Å². The number of ether oxygens (including phenoxy) is 1. The van der Waals surface area contributed by atoms with Crippen LogP contribution in [-0.2, 0) is 21.7 Å². The van der Waals surface area contributed by atoms with E-state index in [9.17, 15) is 9.90 Å². The molecule has 0 aliphatic carbocycles. The lowest BCUT2D eigenvalue weighted by Gasteiger charge is -2.22. The number of nitrogens with one attached hydrogen (secondary N) is 1. The standard InChI is InChI=1S/C20H21NO3S/c1-20(23,18-11-16-9-5-6-10-17(16)25-18)14-21-19(22)13-24-12-15-7-3-2-4-8-15/h2-11,23H,12-14H2,1H3,(H,21,22). The van der Waals surface area contributed by atoms with Crippen molar-refractivity contribution in [2.24, 2.45) is 0 Å². The van der Waals surface area contributed by atoms with Gasteiger partial charge in [0.1, 0.15) is 12.2 Å². The molecule has 0 bridgehead atoms. The van der Waals surface area contributed by atoms with Crippen LogP contribution in [0.5, 0.6) is 0 Å². The van der Waals surface area contributed by atoms with Crippen LogP contribution in [0.4, 0.5) is 0 Å². The van der Waals surface area contributed by atoms with E-state index in [0.717, 1.165) is 20.5 Å². The van der Waals surface area contributed by atoms with Crippen LogP contribution in [0.1, 0.15) is 17.4 Å². The lowest BCUT2D eigenvalue weighted by Crippen LogP contribution is -2.39. The third kappa shape index (κ3) is 4.66. The van der Waals surface area contributed by atoms with Crippen LogP contribution in [-0.4, -0.2) is 24.2 Å². The van der Waals surface area contributed by atoms with Gasteiger partial charge in [-0.05, 0) is 30.0 Å². The number of hydrogen-bond donors (Lipinski definition) is 2. The number of benzene rings is 2. The first-order chi connectivity index (χ1) is 12.0. The summed E-state index contributed by atoms with van der Waals surface area (Å²) in [4.78, 5) is 12.8. The Balaban J connectivity index is 1.50. The smallest absolute Gasteiger partial charge is 0.246 e. The van der Waals surface area contributed by atoms with Crippen molar-refractivity contribution in [1.29, 1.82) is 0 Å². The molecule has 3 rings (SSSR count). The third-order valence-electron chi connectivity index (χ3n) is 3.93. The van der Waals surface area contributed by atoms with Gasteiger partial charge < -0.3 is 15.2 Å². The molecule has 4 nitrogen and oxygen atoms in total. The van der Waals surface area contributed by atoms with Gasteiger partial charge in [-0.1, -0.05) is 48.5 Å². The highest BCUT2D eigenvalue weighted by Crippen LogP contribution is 2.32. The van der Waals surface area contributed by atoms with E-state index in [-0.39, 0.29) is 19.1 Å². The van der Waals surface area contributed by atoms with Gasteiger partial charge in [-0.2, -0.15) is 0 Å². The van der Waals surface area contributed by atoms with Crippen molar-refractivity contribution in [1.82, 2.24) is 5.32 Å². The normalized spacial score (nSPS) is 13.5. The van der Waals surface area contributed by atoms with Crippen molar-refractivity contribution in [3.63, 3.8) is 0 Å². The van der Waals surface area contributed by atoms with E-state index in [1.54, 1.807) is 6.92 Å². The minimum atomic E-state index is -1.11. The zero-order valence-corrected chi connectivity index (χ0v) is 14.9. The molecule has 1 amide bonds. The zero-order chi connectivity index (χ0) is 17.7. The average Bonchev–Trinajstić information content (AvgIpc) is 3.06. The lowest BCUT2D eigenvalue weighted by molar-refractivity contribution is -0.127. The summed E-state index contributed by atoms with van der Waals surface area (Å²) in [6, 6.07) is 19.7. The molecule has 130 valence electrons. The summed E-state index contributed by atoms with van der Waals surface area (Å²) in [6.45, 7) is 2.22. The maximum atomic E-state index is 11.9. The number of hydrogen-bond acceptors (Lipinski definition) is 4. The van der Waals surface area contributed by atoms with Crippen LogP contribution in [0.3, 0.4) is 0 Å². The van der Waals surface area contributed by atoms with Crippen LogP contribution in [0.15, 0.2) is 60.7 Å². The first-order valence-electron chi connectivity index (χ1n) is 8.14. The summed E-state index contributed by atoms with van der Waals surface area (Å²) < 4.78 is 6.53. The van der Waals surface area contributed by atoms with Gasteiger partial charge in [-0.15, -0.1) is 11.3 Å². The second kappa shape index (κ2) is 7.78. The lowest BCUT2D eigenvalue weighted by atomic mass is 10.0. The van der Waals surface area contributed by atoms with E-state index in [4.69, 9.17) is 4.74 Å². The van der Waals surface area contributed by atoms with E-state index in [1.165, 1.54) is 11.3 Å². The minimum Gasteiger partial charge on any atom is -0.383 e. The fourth-order valence-electron chi connectivity index (χ4n) is 2.49. The molecule has 2 N–H and O–H groups in total. The topological polar surface area (TPSA) is 58.6 Å². The van der Waals surface area contributed by atoms with Crippen LogP contribution < -0.4 is 5.32 Å². The molecule has 1 unspecified atom stereocenters.